The maximum atomic E-state index is 13.3. The molecule has 2 heterocycles. The van der Waals surface area contributed by atoms with Crippen LogP contribution in [0.2, 0.25) is 0 Å². The Morgan fingerprint density at radius 3 is 2.54 bits per heavy atom. The standard InChI is InChI=1S/C27H33N5O2S/c1-5-31-25(23-11-8-16-32(23)26(34)22-10-7-6-9-19(22)4)29-30-27(31)35-17-24(33)28-21-14-12-20(13-15-21)18(2)3/h6-7,9-10,12-15,18,23H,5,8,11,16-17H2,1-4H3,(H,28,33). The van der Waals surface area contributed by atoms with Gasteiger partial charge in [-0.3, -0.25) is 9.59 Å². The number of nitrogens with one attached hydrogen (secondary N) is 1. The van der Waals surface area contributed by atoms with Crippen molar-refractivity contribution in [3.8, 4) is 0 Å². The SMILES string of the molecule is CCn1c(SCC(=O)Nc2ccc(C(C)C)cc2)nnc1C1CCCN1C(=O)c1ccccc1C. The number of amides is 2. The van der Waals surface area contributed by atoms with Crippen LogP contribution >= 0.6 is 11.8 Å². The Bertz CT molecular complexity index is 1190. The van der Waals surface area contributed by atoms with E-state index in [2.05, 4.69) is 29.4 Å². The number of aromatic nitrogens is 3. The van der Waals surface area contributed by atoms with Crippen LogP contribution in [0.5, 0.6) is 0 Å². The van der Waals surface area contributed by atoms with Gasteiger partial charge in [-0.1, -0.05) is 55.9 Å². The molecule has 1 saturated heterocycles. The van der Waals surface area contributed by atoms with Gasteiger partial charge in [0.05, 0.1) is 11.8 Å². The smallest absolute Gasteiger partial charge is 0.254 e. The summed E-state index contributed by atoms with van der Waals surface area (Å²) in [6.07, 6.45) is 1.78. The molecular formula is C27H33N5O2S. The molecule has 1 unspecified atom stereocenters. The van der Waals surface area contributed by atoms with E-state index in [1.54, 1.807) is 0 Å². The van der Waals surface area contributed by atoms with Gasteiger partial charge in [0.25, 0.3) is 5.91 Å². The first-order valence-corrected chi connectivity index (χ1v) is 13.2. The van der Waals surface area contributed by atoms with E-state index in [9.17, 15) is 9.59 Å². The van der Waals surface area contributed by atoms with Gasteiger partial charge in [-0.15, -0.1) is 10.2 Å². The minimum atomic E-state index is -0.114. The van der Waals surface area contributed by atoms with Gasteiger partial charge in [0.1, 0.15) is 0 Å². The summed E-state index contributed by atoms with van der Waals surface area (Å²) in [5.41, 5.74) is 3.73. The molecule has 8 heteroatoms. The molecule has 184 valence electrons. The van der Waals surface area contributed by atoms with E-state index in [4.69, 9.17) is 0 Å². The van der Waals surface area contributed by atoms with Gasteiger partial charge >= 0.3 is 0 Å². The summed E-state index contributed by atoms with van der Waals surface area (Å²) in [7, 11) is 0. The van der Waals surface area contributed by atoms with Crippen LogP contribution in [0.1, 0.15) is 72.9 Å². The molecule has 1 N–H and O–H groups in total. The van der Waals surface area contributed by atoms with E-state index in [1.165, 1.54) is 17.3 Å². The Labute approximate surface area is 211 Å². The fourth-order valence-corrected chi connectivity index (χ4v) is 5.28. The Kier molecular flexibility index (Phi) is 7.90. The van der Waals surface area contributed by atoms with Gasteiger partial charge in [-0.25, -0.2) is 0 Å². The zero-order valence-electron chi connectivity index (χ0n) is 20.8. The number of aryl methyl sites for hydroxylation is 1. The van der Waals surface area contributed by atoms with Crippen LogP contribution in [-0.4, -0.2) is 43.8 Å². The number of hydrogen-bond donors (Lipinski definition) is 1. The number of anilines is 1. The van der Waals surface area contributed by atoms with Crippen molar-refractivity contribution < 1.29 is 9.59 Å². The fraction of sp³-hybridized carbons (Fsp3) is 0.407. The first-order chi connectivity index (χ1) is 16.9. The summed E-state index contributed by atoms with van der Waals surface area (Å²) < 4.78 is 2.03. The van der Waals surface area contributed by atoms with Crippen LogP contribution in [-0.2, 0) is 11.3 Å². The van der Waals surface area contributed by atoms with Crippen molar-refractivity contribution in [1.29, 1.82) is 0 Å². The fourth-order valence-electron chi connectivity index (χ4n) is 4.47. The highest BCUT2D eigenvalue weighted by atomic mass is 32.2. The molecule has 0 saturated carbocycles. The second-order valence-electron chi connectivity index (χ2n) is 9.17. The Hall–Kier alpha value is -3.13. The van der Waals surface area contributed by atoms with Gasteiger partial charge in [0.2, 0.25) is 5.91 Å². The van der Waals surface area contributed by atoms with Gasteiger partial charge in [-0.05, 0) is 61.9 Å². The van der Waals surface area contributed by atoms with E-state index in [-0.39, 0.29) is 23.6 Å². The highest BCUT2D eigenvalue weighted by Crippen LogP contribution is 2.34. The Morgan fingerprint density at radius 2 is 1.86 bits per heavy atom. The topological polar surface area (TPSA) is 80.1 Å². The highest BCUT2D eigenvalue weighted by Gasteiger charge is 2.35. The lowest BCUT2D eigenvalue weighted by Crippen LogP contribution is -2.32. The first-order valence-electron chi connectivity index (χ1n) is 12.2. The molecule has 1 fully saturated rings. The molecule has 1 atom stereocenters. The van der Waals surface area contributed by atoms with Gasteiger partial charge < -0.3 is 14.8 Å². The van der Waals surface area contributed by atoms with Crippen molar-refractivity contribution in [1.82, 2.24) is 19.7 Å². The number of rotatable bonds is 8. The summed E-state index contributed by atoms with van der Waals surface area (Å²) >= 11 is 1.37. The molecule has 2 aromatic carbocycles. The van der Waals surface area contributed by atoms with Crippen molar-refractivity contribution in [2.75, 3.05) is 17.6 Å². The van der Waals surface area contributed by atoms with Crippen LogP contribution in [0.15, 0.2) is 53.7 Å². The molecule has 2 amide bonds. The number of hydrogen-bond acceptors (Lipinski definition) is 5. The monoisotopic (exact) mass is 491 g/mol. The molecule has 7 nitrogen and oxygen atoms in total. The van der Waals surface area contributed by atoms with E-state index in [1.807, 2.05) is 71.8 Å². The largest absolute Gasteiger partial charge is 0.328 e. The van der Waals surface area contributed by atoms with Crippen LogP contribution in [0.4, 0.5) is 5.69 Å². The zero-order chi connectivity index (χ0) is 24.9. The molecular weight excluding hydrogens is 458 g/mol. The maximum Gasteiger partial charge on any atom is 0.254 e. The Balaban J connectivity index is 1.43. The van der Waals surface area contributed by atoms with Crippen molar-refractivity contribution in [2.45, 2.75) is 64.2 Å². The minimum absolute atomic E-state index is 0.0355. The summed E-state index contributed by atoms with van der Waals surface area (Å²) in [5, 5.41) is 12.5. The molecule has 35 heavy (non-hydrogen) atoms. The molecule has 1 aliphatic rings. The van der Waals surface area contributed by atoms with Crippen LogP contribution in [0.25, 0.3) is 0 Å². The van der Waals surface area contributed by atoms with Crippen molar-refractivity contribution in [2.24, 2.45) is 0 Å². The predicted octanol–water partition coefficient (Wildman–Crippen LogP) is 5.44. The molecule has 1 aromatic heterocycles. The number of likely N-dealkylation sites (tertiary alicyclic amines) is 1. The third kappa shape index (κ3) is 5.59. The average molecular weight is 492 g/mol. The van der Waals surface area contributed by atoms with Gasteiger partial charge in [-0.2, -0.15) is 0 Å². The lowest BCUT2D eigenvalue weighted by atomic mass is 10.0. The third-order valence-corrected chi connectivity index (χ3v) is 7.41. The number of thioether (sulfide) groups is 1. The molecule has 3 aromatic rings. The van der Waals surface area contributed by atoms with E-state index < -0.39 is 0 Å². The van der Waals surface area contributed by atoms with Crippen LogP contribution in [0, 0.1) is 6.92 Å². The first kappa shape index (κ1) is 25.0. The molecule has 4 rings (SSSR count). The summed E-state index contributed by atoms with van der Waals surface area (Å²) in [6.45, 7) is 9.67. The van der Waals surface area contributed by atoms with Crippen LogP contribution in [0.3, 0.4) is 0 Å². The van der Waals surface area contributed by atoms with Crippen molar-refractivity contribution >= 4 is 29.3 Å². The second kappa shape index (κ2) is 11.1. The third-order valence-electron chi connectivity index (χ3n) is 6.44. The zero-order valence-corrected chi connectivity index (χ0v) is 21.6. The lowest BCUT2D eigenvalue weighted by molar-refractivity contribution is -0.113. The number of benzene rings is 2. The average Bonchev–Trinajstić information content (AvgIpc) is 3.49. The number of carbonyl (C=O) groups excluding carboxylic acids is 2. The van der Waals surface area contributed by atoms with Crippen LogP contribution < -0.4 is 5.32 Å². The summed E-state index contributed by atoms with van der Waals surface area (Å²) in [6, 6.07) is 15.5. The predicted molar refractivity (Wildman–Crippen MR) is 140 cm³/mol. The molecule has 0 aliphatic carbocycles. The Morgan fingerprint density at radius 1 is 1.11 bits per heavy atom. The van der Waals surface area contributed by atoms with Crippen molar-refractivity contribution in [3.05, 3.63) is 71.0 Å². The normalized spacial score (nSPS) is 15.6. The second-order valence-corrected chi connectivity index (χ2v) is 10.1. The van der Waals surface area contributed by atoms with Gasteiger partial charge in [0, 0.05) is 24.3 Å². The number of nitrogens with zero attached hydrogens (tertiary/aromatic N) is 4. The van der Waals surface area contributed by atoms with E-state index in [0.29, 0.717) is 24.2 Å². The molecule has 0 radical (unpaired) electrons. The summed E-state index contributed by atoms with van der Waals surface area (Å²) in [5.74, 6) is 1.43. The number of carbonyl (C=O) groups is 2. The molecule has 0 spiro atoms. The summed E-state index contributed by atoms with van der Waals surface area (Å²) in [4.78, 5) is 27.8. The van der Waals surface area contributed by atoms with Crippen molar-refractivity contribution in [3.63, 3.8) is 0 Å². The molecule has 0 bridgehead atoms. The van der Waals surface area contributed by atoms with E-state index >= 15 is 0 Å². The molecule has 1 aliphatic heterocycles. The maximum absolute atomic E-state index is 13.3. The lowest BCUT2D eigenvalue weighted by Gasteiger charge is -2.25. The van der Waals surface area contributed by atoms with E-state index in [0.717, 1.165) is 35.5 Å². The quantitative estimate of drug-likeness (QED) is 0.425. The minimum Gasteiger partial charge on any atom is -0.328 e. The highest BCUT2D eigenvalue weighted by molar-refractivity contribution is 7.99. The van der Waals surface area contributed by atoms with Gasteiger partial charge in [0.15, 0.2) is 11.0 Å².